The predicted octanol–water partition coefficient (Wildman–Crippen LogP) is 6.03. The van der Waals surface area contributed by atoms with Crippen LogP contribution in [0.1, 0.15) is 43.6 Å². The first-order valence-corrected chi connectivity index (χ1v) is 13.7. The fourth-order valence-electron chi connectivity index (χ4n) is 6.73. The van der Waals surface area contributed by atoms with E-state index in [-0.39, 0.29) is 17.5 Å². The van der Waals surface area contributed by atoms with Gasteiger partial charge in [0.05, 0.1) is 29.8 Å². The van der Waals surface area contributed by atoms with Crippen LogP contribution >= 0.6 is 15.9 Å². The van der Waals surface area contributed by atoms with Gasteiger partial charge in [-0.1, -0.05) is 42.5 Å². The second kappa shape index (κ2) is 9.06. The molecule has 1 saturated heterocycles. The zero-order chi connectivity index (χ0) is 27.6. The smallest absolute Gasteiger partial charge is 0.238 e. The standard InChI is InChI=1S/C32H23BrN2O5/c1-39-24-13-12-19(17-22(24)33)28(36)27-26(29(37)25-11-6-16-40-25)32(21-9-4-5-10-23(21)34-31(32)38)30-20-8-3-2-7-18(20)14-15-35(27)30/h2-17,26-27,30H,1H3,(H,34,38)/t26-,27-,30-,32+/m1/s1. The molecule has 4 heterocycles. The lowest BCUT2D eigenvalue weighted by molar-refractivity contribution is -0.122. The van der Waals surface area contributed by atoms with Gasteiger partial charge in [-0.15, -0.1) is 0 Å². The molecule has 3 aromatic carbocycles. The molecule has 0 unspecified atom stereocenters. The normalized spacial score (nSPS) is 23.9. The molecule has 1 amide bonds. The second-order valence-corrected chi connectivity index (χ2v) is 11.0. The number of fused-ring (bicyclic) bond motifs is 6. The number of carbonyl (C=O) groups is 3. The molecule has 7 rings (SSSR count). The highest BCUT2D eigenvalue weighted by Gasteiger charge is 2.71. The van der Waals surface area contributed by atoms with Gasteiger partial charge in [-0.3, -0.25) is 14.4 Å². The molecule has 1 spiro atoms. The Hall–Kier alpha value is -4.43. The third kappa shape index (κ3) is 3.26. The van der Waals surface area contributed by atoms with Crippen LogP contribution in [-0.4, -0.2) is 35.5 Å². The Bertz CT molecular complexity index is 1730. The summed E-state index contributed by atoms with van der Waals surface area (Å²) in [6.07, 6.45) is 5.21. The molecule has 0 bridgehead atoms. The van der Waals surface area contributed by atoms with Gasteiger partial charge in [0.2, 0.25) is 11.7 Å². The van der Waals surface area contributed by atoms with E-state index >= 15 is 0 Å². The molecule has 1 aromatic heterocycles. The fourth-order valence-corrected chi connectivity index (χ4v) is 7.27. The van der Waals surface area contributed by atoms with Crippen LogP contribution in [0.3, 0.4) is 0 Å². The van der Waals surface area contributed by atoms with Crippen molar-refractivity contribution in [3.05, 3.63) is 124 Å². The largest absolute Gasteiger partial charge is 0.496 e. The number of halogens is 1. The number of amides is 1. The Morgan fingerprint density at radius 3 is 2.58 bits per heavy atom. The molecule has 1 N–H and O–H groups in total. The van der Waals surface area contributed by atoms with Gasteiger partial charge in [-0.05, 0) is 75.1 Å². The summed E-state index contributed by atoms with van der Waals surface area (Å²) in [5, 5.41) is 3.04. The number of ketones is 2. The van der Waals surface area contributed by atoms with Gasteiger partial charge in [0.25, 0.3) is 0 Å². The minimum atomic E-state index is -1.40. The van der Waals surface area contributed by atoms with Crippen molar-refractivity contribution in [2.24, 2.45) is 5.92 Å². The van der Waals surface area contributed by atoms with Crippen molar-refractivity contribution in [3.8, 4) is 5.75 Å². The molecule has 4 aromatic rings. The van der Waals surface area contributed by atoms with E-state index < -0.39 is 29.2 Å². The number of hydrogen-bond acceptors (Lipinski definition) is 6. The lowest BCUT2D eigenvalue weighted by Crippen LogP contribution is -2.49. The third-order valence-corrected chi connectivity index (χ3v) is 8.94. The molecule has 40 heavy (non-hydrogen) atoms. The zero-order valence-corrected chi connectivity index (χ0v) is 22.9. The number of carbonyl (C=O) groups excluding carboxylic acids is 3. The summed E-state index contributed by atoms with van der Waals surface area (Å²) >= 11 is 3.49. The number of anilines is 1. The van der Waals surface area contributed by atoms with Crippen LogP contribution in [0.4, 0.5) is 5.69 Å². The van der Waals surface area contributed by atoms with Crippen LogP contribution in [0.5, 0.6) is 5.75 Å². The first kappa shape index (κ1) is 24.6. The van der Waals surface area contributed by atoms with Crippen LogP contribution in [0.2, 0.25) is 0 Å². The number of rotatable bonds is 5. The van der Waals surface area contributed by atoms with E-state index in [1.54, 1.807) is 37.4 Å². The van der Waals surface area contributed by atoms with Crippen molar-refractivity contribution >= 4 is 45.2 Å². The second-order valence-electron chi connectivity index (χ2n) is 10.1. The van der Waals surface area contributed by atoms with Crippen molar-refractivity contribution in [3.63, 3.8) is 0 Å². The molecule has 4 atom stereocenters. The minimum Gasteiger partial charge on any atom is -0.496 e. The molecule has 0 aliphatic carbocycles. The summed E-state index contributed by atoms with van der Waals surface area (Å²) in [7, 11) is 1.55. The molecule has 1 fully saturated rings. The number of furan rings is 1. The van der Waals surface area contributed by atoms with Crippen LogP contribution in [0.25, 0.3) is 6.08 Å². The number of nitrogens with zero attached hydrogens (tertiary/aromatic N) is 1. The van der Waals surface area contributed by atoms with Gasteiger partial charge < -0.3 is 19.4 Å². The van der Waals surface area contributed by atoms with Gasteiger partial charge in [0.1, 0.15) is 17.2 Å². The first-order valence-electron chi connectivity index (χ1n) is 12.9. The van der Waals surface area contributed by atoms with Crippen LogP contribution in [0, 0.1) is 5.92 Å². The number of nitrogens with one attached hydrogen (secondary N) is 1. The maximum Gasteiger partial charge on any atom is 0.238 e. The average molecular weight is 595 g/mol. The molecular formula is C32H23BrN2O5. The van der Waals surface area contributed by atoms with Gasteiger partial charge in [0, 0.05) is 17.5 Å². The Morgan fingerprint density at radius 1 is 1.00 bits per heavy atom. The summed E-state index contributed by atoms with van der Waals surface area (Å²) in [5.41, 5.74) is 2.13. The lowest BCUT2D eigenvalue weighted by atomic mass is 9.63. The number of benzene rings is 3. The minimum absolute atomic E-state index is 0.104. The van der Waals surface area contributed by atoms with E-state index in [2.05, 4.69) is 21.2 Å². The Labute approximate surface area is 238 Å². The monoisotopic (exact) mass is 594 g/mol. The Kier molecular flexibility index (Phi) is 5.57. The highest BCUT2D eigenvalue weighted by Crippen LogP contribution is 2.62. The SMILES string of the molecule is COc1ccc(C(=O)[C@H]2[C@H](C(=O)c3ccco3)[C@]3(C(=O)Nc4ccccc43)[C@H]3c4ccccc4C=CN23)cc1Br. The zero-order valence-electron chi connectivity index (χ0n) is 21.3. The highest BCUT2D eigenvalue weighted by atomic mass is 79.9. The third-order valence-electron chi connectivity index (χ3n) is 8.32. The molecule has 7 nitrogen and oxygen atoms in total. The van der Waals surface area contributed by atoms with Crippen molar-refractivity contribution < 1.29 is 23.5 Å². The number of methoxy groups -OCH3 is 1. The van der Waals surface area contributed by atoms with Crippen molar-refractivity contribution in [1.29, 1.82) is 0 Å². The van der Waals surface area contributed by atoms with E-state index in [0.29, 0.717) is 27.0 Å². The quantitative estimate of drug-likeness (QED) is 0.284. The number of para-hydroxylation sites is 1. The van der Waals surface area contributed by atoms with Gasteiger partial charge in [-0.2, -0.15) is 0 Å². The molecule has 0 radical (unpaired) electrons. The van der Waals surface area contributed by atoms with E-state index in [9.17, 15) is 14.4 Å². The molecule has 198 valence electrons. The maximum atomic E-state index is 14.6. The Balaban J connectivity index is 1.52. The predicted molar refractivity (Wildman–Crippen MR) is 152 cm³/mol. The van der Waals surface area contributed by atoms with Gasteiger partial charge >= 0.3 is 0 Å². The highest BCUT2D eigenvalue weighted by molar-refractivity contribution is 9.10. The average Bonchev–Trinajstić information content (AvgIpc) is 3.69. The van der Waals surface area contributed by atoms with Crippen LogP contribution < -0.4 is 10.1 Å². The lowest BCUT2D eigenvalue weighted by Gasteiger charge is -2.38. The van der Waals surface area contributed by atoms with Crippen molar-refractivity contribution in [2.45, 2.75) is 17.5 Å². The van der Waals surface area contributed by atoms with Gasteiger partial charge in [-0.25, -0.2) is 0 Å². The fraction of sp³-hybridized carbons (Fsp3) is 0.156. The summed E-state index contributed by atoms with van der Waals surface area (Å²) in [6, 6.07) is 21.9. The molecule has 3 aliphatic heterocycles. The van der Waals surface area contributed by atoms with Crippen LogP contribution in [-0.2, 0) is 10.2 Å². The van der Waals surface area contributed by atoms with E-state index in [1.807, 2.05) is 65.7 Å². The molecular weight excluding hydrogens is 572 g/mol. The summed E-state index contributed by atoms with van der Waals surface area (Å²) in [5.74, 6) is -1.40. The number of Topliss-reactive ketones (excluding diaryl/α,β-unsaturated/α-hetero) is 2. The van der Waals surface area contributed by atoms with E-state index in [0.717, 1.165) is 11.1 Å². The molecule has 3 aliphatic rings. The van der Waals surface area contributed by atoms with Crippen molar-refractivity contribution in [2.75, 3.05) is 12.4 Å². The first-order chi connectivity index (χ1) is 19.5. The molecule has 8 heteroatoms. The number of hydrogen-bond donors (Lipinski definition) is 1. The summed E-state index contributed by atoms with van der Waals surface area (Å²) in [6.45, 7) is 0. The molecule has 0 saturated carbocycles. The van der Waals surface area contributed by atoms with E-state index in [1.165, 1.54) is 6.26 Å². The Morgan fingerprint density at radius 2 is 1.80 bits per heavy atom. The number of ether oxygens (including phenoxy) is 1. The van der Waals surface area contributed by atoms with Gasteiger partial charge in [0.15, 0.2) is 11.5 Å². The summed E-state index contributed by atoms with van der Waals surface area (Å²) in [4.78, 5) is 45.3. The topological polar surface area (TPSA) is 88.9 Å². The van der Waals surface area contributed by atoms with Crippen molar-refractivity contribution in [1.82, 2.24) is 4.90 Å². The maximum absolute atomic E-state index is 14.6. The van der Waals surface area contributed by atoms with E-state index in [4.69, 9.17) is 9.15 Å². The summed E-state index contributed by atoms with van der Waals surface area (Å²) < 4.78 is 11.6. The van der Waals surface area contributed by atoms with Crippen LogP contribution in [0.15, 0.2) is 100 Å².